The lowest BCUT2D eigenvalue weighted by molar-refractivity contribution is -0.129. The third kappa shape index (κ3) is 3.78. The summed E-state index contributed by atoms with van der Waals surface area (Å²) in [7, 11) is -3.66. The van der Waals surface area contributed by atoms with Crippen molar-refractivity contribution in [1.82, 2.24) is 15.4 Å². The van der Waals surface area contributed by atoms with Crippen molar-refractivity contribution in [3.8, 4) is 0 Å². The molecule has 0 saturated carbocycles. The highest BCUT2D eigenvalue weighted by molar-refractivity contribution is 7.91. The van der Waals surface area contributed by atoms with Crippen LogP contribution in [0.15, 0.2) is 21.7 Å². The molecule has 0 spiro atoms. The smallest absolute Gasteiger partial charge is 0.250 e. The summed E-state index contributed by atoms with van der Waals surface area (Å²) in [6, 6.07) is 2.49. The molecule has 0 radical (unpaired) electrons. The molecule has 1 aliphatic rings. The van der Waals surface area contributed by atoms with Gasteiger partial charge < -0.3 is 10.6 Å². The molecule has 20 heavy (non-hydrogen) atoms. The molecule has 1 atom stereocenters. The molecule has 1 unspecified atom stereocenters. The molecule has 110 valence electrons. The molecule has 1 aromatic rings. The number of thiophene rings is 1. The highest BCUT2D eigenvalue weighted by Gasteiger charge is 2.24. The number of hydrogen-bond donors (Lipinski definition) is 3. The van der Waals surface area contributed by atoms with E-state index in [1.54, 1.807) is 11.4 Å². The first-order chi connectivity index (χ1) is 9.49. The van der Waals surface area contributed by atoms with Gasteiger partial charge in [-0.15, -0.1) is 11.3 Å². The SMILES string of the molecule is O=C(CNS(=O)(=O)c1cccs1)NC1CCCNC1=O. The standard InChI is InChI=1S/C11H15N3O4S2/c15-9(14-8-3-1-5-12-11(8)16)7-13-20(17,18)10-4-2-6-19-10/h2,4,6,8,13H,1,3,5,7H2,(H,12,16)(H,14,15). The summed E-state index contributed by atoms with van der Waals surface area (Å²) < 4.78 is 25.9. The van der Waals surface area contributed by atoms with Gasteiger partial charge in [-0.05, 0) is 24.3 Å². The van der Waals surface area contributed by atoms with E-state index >= 15 is 0 Å². The Balaban J connectivity index is 1.85. The van der Waals surface area contributed by atoms with Crippen molar-refractivity contribution in [3.05, 3.63) is 17.5 Å². The Morgan fingerprint density at radius 3 is 2.95 bits per heavy atom. The van der Waals surface area contributed by atoms with Crippen LogP contribution in [0.4, 0.5) is 0 Å². The number of piperidine rings is 1. The van der Waals surface area contributed by atoms with Crippen LogP contribution in [-0.4, -0.2) is 39.4 Å². The third-order valence-electron chi connectivity index (χ3n) is 2.80. The van der Waals surface area contributed by atoms with Gasteiger partial charge in [-0.3, -0.25) is 9.59 Å². The lowest BCUT2D eigenvalue weighted by Gasteiger charge is -2.22. The fraction of sp³-hybridized carbons (Fsp3) is 0.455. The normalized spacial score (nSPS) is 19.4. The zero-order chi connectivity index (χ0) is 14.6. The maximum atomic E-state index is 11.8. The molecule has 2 rings (SSSR count). The molecule has 1 saturated heterocycles. The molecule has 7 nitrogen and oxygen atoms in total. The summed E-state index contributed by atoms with van der Waals surface area (Å²) >= 11 is 1.07. The molecule has 9 heteroatoms. The fourth-order valence-electron chi connectivity index (χ4n) is 1.80. The average Bonchev–Trinajstić information content (AvgIpc) is 2.94. The average molecular weight is 317 g/mol. The summed E-state index contributed by atoms with van der Waals surface area (Å²) in [5, 5.41) is 6.79. The van der Waals surface area contributed by atoms with Crippen molar-refractivity contribution in [2.75, 3.05) is 13.1 Å². The topological polar surface area (TPSA) is 104 Å². The molecule has 2 heterocycles. The number of sulfonamides is 1. The Kier molecular flexibility index (Phi) is 4.73. The number of amides is 2. The summed E-state index contributed by atoms with van der Waals surface area (Å²) in [4.78, 5) is 23.1. The summed E-state index contributed by atoms with van der Waals surface area (Å²) in [5.74, 6) is -0.752. The summed E-state index contributed by atoms with van der Waals surface area (Å²) in [6.07, 6.45) is 1.35. The number of carbonyl (C=O) groups excluding carboxylic acids is 2. The molecule has 0 aliphatic carbocycles. The molecule has 2 amide bonds. The maximum Gasteiger partial charge on any atom is 0.250 e. The maximum absolute atomic E-state index is 11.8. The molecule has 1 aromatic heterocycles. The quantitative estimate of drug-likeness (QED) is 0.676. The second kappa shape index (κ2) is 6.33. The highest BCUT2D eigenvalue weighted by Crippen LogP contribution is 2.14. The van der Waals surface area contributed by atoms with Gasteiger partial charge in [0, 0.05) is 6.54 Å². The predicted molar refractivity (Wildman–Crippen MR) is 73.7 cm³/mol. The van der Waals surface area contributed by atoms with Crippen LogP contribution in [0.5, 0.6) is 0 Å². The van der Waals surface area contributed by atoms with E-state index in [1.807, 2.05) is 0 Å². The number of hydrogen-bond acceptors (Lipinski definition) is 5. The number of rotatable bonds is 5. The molecule has 0 aromatic carbocycles. The summed E-state index contributed by atoms with van der Waals surface area (Å²) in [5.41, 5.74) is 0. The Morgan fingerprint density at radius 2 is 2.30 bits per heavy atom. The van der Waals surface area contributed by atoms with Crippen LogP contribution < -0.4 is 15.4 Å². The Bertz CT molecular complexity index is 583. The van der Waals surface area contributed by atoms with Gasteiger partial charge in [-0.2, -0.15) is 0 Å². The van der Waals surface area contributed by atoms with Gasteiger partial charge >= 0.3 is 0 Å². The van der Waals surface area contributed by atoms with Crippen LogP contribution in [0.25, 0.3) is 0 Å². The van der Waals surface area contributed by atoms with Crippen LogP contribution in [0.2, 0.25) is 0 Å². The van der Waals surface area contributed by atoms with Gasteiger partial charge in [0.25, 0.3) is 10.0 Å². The monoisotopic (exact) mass is 317 g/mol. The first-order valence-corrected chi connectivity index (χ1v) is 8.45. The first kappa shape index (κ1) is 14.9. The van der Waals surface area contributed by atoms with Gasteiger partial charge in [0.05, 0.1) is 6.54 Å². The van der Waals surface area contributed by atoms with Crippen molar-refractivity contribution in [1.29, 1.82) is 0 Å². The predicted octanol–water partition coefficient (Wildman–Crippen LogP) is -0.579. The minimum absolute atomic E-state index is 0.153. The van der Waals surface area contributed by atoms with Crippen molar-refractivity contribution >= 4 is 33.2 Å². The minimum Gasteiger partial charge on any atom is -0.354 e. The lowest BCUT2D eigenvalue weighted by Crippen LogP contribution is -2.52. The molecule has 1 fully saturated rings. The van der Waals surface area contributed by atoms with E-state index in [0.29, 0.717) is 13.0 Å². The zero-order valence-corrected chi connectivity index (χ0v) is 12.2. The number of nitrogens with one attached hydrogen (secondary N) is 3. The van der Waals surface area contributed by atoms with Crippen LogP contribution in [0.3, 0.4) is 0 Å². The van der Waals surface area contributed by atoms with Crippen LogP contribution in [0.1, 0.15) is 12.8 Å². The number of carbonyl (C=O) groups is 2. The van der Waals surface area contributed by atoms with Gasteiger partial charge in [0.1, 0.15) is 10.3 Å². The zero-order valence-electron chi connectivity index (χ0n) is 10.6. The molecular formula is C11H15N3O4S2. The van der Waals surface area contributed by atoms with E-state index in [-0.39, 0.29) is 16.7 Å². The van der Waals surface area contributed by atoms with Crippen LogP contribution in [-0.2, 0) is 19.6 Å². The van der Waals surface area contributed by atoms with E-state index in [0.717, 1.165) is 17.8 Å². The molecule has 3 N–H and O–H groups in total. The van der Waals surface area contributed by atoms with E-state index in [9.17, 15) is 18.0 Å². The van der Waals surface area contributed by atoms with Gasteiger partial charge in [0.15, 0.2) is 0 Å². The summed E-state index contributed by atoms with van der Waals surface area (Å²) in [6.45, 7) is 0.222. The Labute approximate surface area is 120 Å². The molecule has 1 aliphatic heterocycles. The van der Waals surface area contributed by atoms with Gasteiger partial charge in [0.2, 0.25) is 11.8 Å². The van der Waals surface area contributed by atoms with E-state index in [2.05, 4.69) is 15.4 Å². The van der Waals surface area contributed by atoms with Crippen LogP contribution >= 0.6 is 11.3 Å². The van der Waals surface area contributed by atoms with Gasteiger partial charge in [-0.25, -0.2) is 13.1 Å². The van der Waals surface area contributed by atoms with E-state index in [1.165, 1.54) is 6.07 Å². The highest BCUT2D eigenvalue weighted by atomic mass is 32.2. The fourth-order valence-corrected chi connectivity index (χ4v) is 3.82. The van der Waals surface area contributed by atoms with Crippen molar-refractivity contribution in [3.63, 3.8) is 0 Å². The Hall–Kier alpha value is -1.45. The largest absolute Gasteiger partial charge is 0.354 e. The van der Waals surface area contributed by atoms with Crippen molar-refractivity contribution in [2.45, 2.75) is 23.1 Å². The lowest BCUT2D eigenvalue weighted by atomic mass is 10.1. The third-order valence-corrected chi connectivity index (χ3v) is 5.60. The second-order valence-electron chi connectivity index (χ2n) is 4.31. The molecule has 0 bridgehead atoms. The van der Waals surface area contributed by atoms with Crippen LogP contribution in [0, 0.1) is 0 Å². The minimum atomic E-state index is -3.66. The van der Waals surface area contributed by atoms with E-state index in [4.69, 9.17) is 0 Å². The van der Waals surface area contributed by atoms with Crippen molar-refractivity contribution in [2.24, 2.45) is 0 Å². The second-order valence-corrected chi connectivity index (χ2v) is 7.25. The molecular weight excluding hydrogens is 302 g/mol. The Morgan fingerprint density at radius 1 is 1.50 bits per heavy atom. The van der Waals surface area contributed by atoms with Crippen molar-refractivity contribution < 1.29 is 18.0 Å². The first-order valence-electron chi connectivity index (χ1n) is 6.09. The van der Waals surface area contributed by atoms with E-state index < -0.39 is 22.0 Å². The van der Waals surface area contributed by atoms with Gasteiger partial charge in [-0.1, -0.05) is 6.07 Å².